The molecule has 0 spiro atoms. The van der Waals surface area contributed by atoms with E-state index < -0.39 is 0 Å². The van der Waals surface area contributed by atoms with Gasteiger partial charge in [-0.2, -0.15) is 0 Å². The van der Waals surface area contributed by atoms with Gasteiger partial charge in [0.05, 0.1) is 6.54 Å². The fourth-order valence-corrected chi connectivity index (χ4v) is 3.03. The molecule has 3 aromatic rings. The molecule has 1 N–H and O–H groups in total. The number of aromatic nitrogens is 2. The topological polar surface area (TPSA) is 29.9 Å². The highest BCUT2D eigenvalue weighted by Gasteiger charge is 2.11. The van der Waals surface area contributed by atoms with E-state index in [0.29, 0.717) is 0 Å². The summed E-state index contributed by atoms with van der Waals surface area (Å²) in [7, 11) is 0. The zero-order valence-electron chi connectivity index (χ0n) is 12.8. The second-order valence-corrected chi connectivity index (χ2v) is 7.30. The Hall–Kier alpha value is -1.65. The van der Waals surface area contributed by atoms with Crippen molar-refractivity contribution in [1.29, 1.82) is 0 Å². The van der Waals surface area contributed by atoms with E-state index in [1.54, 1.807) is 11.3 Å². The van der Waals surface area contributed by atoms with Gasteiger partial charge in [0.15, 0.2) is 0 Å². The van der Waals surface area contributed by atoms with Gasteiger partial charge in [-0.15, -0.1) is 11.3 Å². The number of hydrogen-bond acceptors (Lipinski definition) is 3. The van der Waals surface area contributed by atoms with Crippen LogP contribution in [0.15, 0.2) is 42.0 Å². The van der Waals surface area contributed by atoms with Gasteiger partial charge in [0.1, 0.15) is 5.01 Å². The number of hydrogen-bond donors (Lipinski definition) is 1. The first-order valence-corrected chi connectivity index (χ1v) is 8.11. The van der Waals surface area contributed by atoms with E-state index in [2.05, 4.69) is 66.1 Å². The van der Waals surface area contributed by atoms with E-state index in [1.165, 1.54) is 16.5 Å². The maximum atomic E-state index is 4.37. The molecule has 0 unspecified atom stereocenters. The van der Waals surface area contributed by atoms with Gasteiger partial charge in [-0.3, -0.25) is 0 Å². The highest BCUT2D eigenvalue weighted by atomic mass is 32.1. The number of thiazole rings is 1. The van der Waals surface area contributed by atoms with Crippen molar-refractivity contribution in [2.45, 2.75) is 39.4 Å². The molecule has 0 fully saturated rings. The van der Waals surface area contributed by atoms with Crippen molar-refractivity contribution < 1.29 is 0 Å². The van der Waals surface area contributed by atoms with E-state index in [9.17, 15) is 0 Å². The average molecular weight is 299 g/mol. The van der Waals surface area contributed by atoms with Crippen LogP contribution in [0.3, 0.4) is 0 Å². The monoisotopic (exact) mass is 299 g/mol. The van der Waals surface area contributed by atoms with Crippen molar-refractivity contribution >= 4 is 22.2 Å². The standard InChI is InChI=1S/C17H21N3S/c1-17(2,3)19-11-13-5-4-6-15-14(13)7-9-20(15)12-16-18-8-10-21-16/h4-10,19H,11-12H2,1-3H3. The van der Waals surface area contributed by atoms with Gasteiger partial charge in [0.2, 0.25) is 0 Å². The Morgan fingerprint density at radius 2 is 2.10 bits per heavy atom. The van der Waals surface area contributed by atoms with Crippen LogP contribution in [0.4, 0.5) is 0 Å². The molecule has 0 radical (unpaired) electrons. The molecule has 3 nitrogen and oxygen atoms in total. The number of nitrogens with zero attached hydrogens (tertiary/aromatic N) is 2. The van der Waals surface area contributed by atoms with Gasteiger partial charge < -0.3 is 9.88 Å². The smallest absolute Gasteiger partial charge is 0.112 e. The molecule has 0 bridgehead atoms. The predicted molar refractivity (Wildman–Crippen MR) is 89.7 cm³/mol. The van der Waals surface area contributed by atoms with E-state index >= 15 is 0 Å². The number of rotatable bonds is 4. The number of nitrogens with one attached hydrogen (secondary N) is 1. The highest BCUT2D eigenvalue weighted by Crippen LogP contribution is 2.22. The molecule has 0 aliphatic heterocycles. The Morgan fingerprint density at radius 1 is 1.24 bits per heavy atom. The molecule has 3 rings (SSSR count). The maximum Gasteiger partial charge on any atom is 0.112 e. The van der Waals surface area contributed by atoms with Crippen LogP contribution in [0, 0.1) is 0 Å². The summed E-state index contributed by atoms with van der Waals surface area (Å²) in [6, 6.07) is 8.74. The summed E-state index contributed by atoms with van der Waals surface area (Å²) in [5, 5.41) is 8.06. The summed E-state index contributed by atoms with van der Waals surface area (Å²) in [6.45, 7) is 8.32. The highest BCUT2D eigenvalue weighted by molar-refractivity contribution is 7.09. The lowest BCUT2D eigenvalue weighted by Gasteiger charge is -2.20. The van der Waals surface area contributed by atoms with Crippen LogP contribution < -0.4 is 5.32 Å². The van der Waals surface area contributed by atoms with Gasteiger partial charge in [-0.1, -0.05) is 12.1 Å². The van der Waals surface area contributed by atoms with Gasteiger partial charge >= 0.3 is 0 Å². The lowest BCUT2D eigenvalue weighted by Crippen LogP contribution is -2.35. The molecular weight excluding hydrogens is 278 g/mol. The van der Waals surface area contributed by atoms with E-state index in [0.717, 1.165) is 18.1 Å². The minimum Gasteiger partial charge on any atom is -0.341 e. The predicted octanol–water partition coefficient (Wildman–Crippen LogP) is 4.03. The lowest BCUT2D eigenvalue weighted by atomic mass is 10.1. The first-order valence-electron chi connectivity index (χ1n) is 7.23. The van der Waals surface area contributed by atoms with E-state index in [1.807, 2.05) is 11.6 Å². The van der Waals surface area contributed by atoms with Crippen molar-refractivity contribution in [1.82, 2.24) is 14.9 Å². The SMILES string of the molecule is CC(C)(C)NCc1cccc2c1ccn2Cc1nccs1. The largest absolute Gasteiger partial charge is 0.341 e. The van der Waals surface area contributed by atoms with Crippen molar-refractivity contribution in [3.05, 3.63) is 52.6 Å². The van der Waals surface area contributed by atoms with Crippen molar-refractivity contribution in [2.75, 3.05) is 0 Å². The Bertz CT molecular complexity index is 720. The minimum atomic E-state index is 0.131. The summed E-state index contributed by atoms with van der Waals surface area (Å²) < 4.78 is 2.27. The first kappa shape index (κ1) is 14.3. The van der Waals surface area contributed by atoms with Gasteiger partial charge in [-0.25, -0.2) is 4.98 Å². The molecular formula is C17H21N3S. The summed E-state index contributed by atoms with van der Waals surface area (Å²) in [5.41, 5.74) is 2.75. The lowest BCUT2D eigenvalue weighted by molar-refractivity contribution is 0.425. The molecule has 110 valence electrons. The van der Waals surface area contributed by atoms with Crippen molar-refractivity contribution in [3.8, 4) is 0 Å². The van der Waals surface area contributed by atoms with Crippen LogP contribution in [0.5, 0.6) is 0 Å². The number of benzene rings is 1. The number of fused-ring (bicyclic) bond motifs is 1. The second-order valence-electron chi connectivity index (χ2n) is 6.32. The quantitative estimate of drug-likeness (QED) is 0.788. The molecule has 0 atom stereocenters. The Morgan fingerprint density at radius 3 is 2.81 bits per heavy atom. The van der Waals surface area contributed by atoms with Gasteiger partial charge in [0, 0.05) is 40.8 Å². The molecule has 4 heteroatoms. The van der Waals surface area contributed by atoms with Crippen LogP contribution >= 0.6 is 11.3 Å². The average Bonchev–Trinajstić information content (AvgIpc) is 3.06. The van der Waals surface area contributed by atoms with Gasteiger partial charge in [0.25, 0.3) is 0 Å². The molecule has 2 aromatic heterocycles. The maximum absolute atomic E-state index is 4.37. The molecule has 0 aliphatic rings. The van der Waals surface area contributed by atoms with E-state index in [-0.39, 0.29) is 5.54 Å². The first-order chi connectivity index (χ1) is 10.0. The third-order valence-electron chi connectivity index (χ3n) is 3.50. The minimum absolute atomic E-state index is 0.131. The third kappa shape index (κ3) is 3.34. The third-order valence-corrected chi connectivity index (χ3v) is 4.27. The molecule has 0 saturated heterocycles. The zero-order chi connectivity index (χ0) is 14.9. The zero-order valence-corrected chi connectivity index (χ0v) is 13.6. The van der Waals surface area contributed by atoms with Crippen molar-refractivity contribution in [3.63, 3.8) is 0 Å². The molecule has 0 amide bonds. The summed E-state index contributed by atoms with van der Waals surface area (Å²) in [4.78, 5) is 4.37. The molecule has 1 aromatic carbocycles. The fourth-order valence-electron chi connectivity index (χ4n) is 2.42. The molecule has 0 aliphatic carbocycles. The van der Waals surface area contributed by atoms with Crippen molar-refractivity contribution in [2.24, 2.45) is 0 Å². The summed E-state index contributed by atoms with van der Waals surface area (Å²) in [5.74, 6) is 0. The van der Waals surface area contributed by atoms with E-state index in [4.69, 9.17) is 0 Å². The summed E-state index contributed by atoms with van der Waals surface area (Å²) >= 11 is 1.70. The Kier molecular flexibility index (Phi) is 3.83. The Balaban J connectivity index is 1.89. The molecule has 21 heavy (non-hydrogen) atoms. The fraction of sp³-hybridized carbons (Fsp3) is 0.353. The van der Waals surface area contributed by atoms with Crippen LogP contribution in [-0.2, 0) is 13.1 Å². The van der Waals surface area contributed by atoms with Crippen LogP contribution in [0.2, 0.25) is 0 Å². The van der Waals surface area contributed by atoms with Gasteiger partial charge in [-0.05, 0) is 38.5 Å². The second kappa shape index (κ2) is 5.62. The van der Waals surface area contributed by atoms with Crippen LogP contribution in [-0.4, -0.2) is 15.1 Å². The normalized spacial score (nSPS) is 12.1. The summed E-state index contributed by atoms with van der Waals surface area (Å²) in [6.07, 6.45) is 4.02. The van der Waals surface area contributed by atoms with Crippen LogP contribution in [0.25, 0.3) is 10.9 Å². The van der Waals surface area contributed by atoms with Crippen LogP contribution in [0.1, 0.15) is 31.3 Å². The molecule has 0 saturated carbocycles. The Labute approximate surface area is 129 Å². The molecule has 2 heterocycles.